The zero-order valence-corrected chi connectivity index (χ0v) is 12.5. The van der Waals surface area contributed by atoms with Gasteiger partial charge in [0.15, 0.2) is 5.82 Å². The molecule has 1 heterocycles. The smallest absolute Gasteiger partial charge is 0.240 e. The second-order valence-corrected chi connectivity index (χ2v) is 5.18. The molecule has 1 aliphatic carbocycles. The van der Waals surface area contributed by atoms with E-state index in [1.54, 1.807) is 6.92 Å². The molecular formula is C14H18ClN5O. The largest absolute Gasteiger partial charge is 0.325 e. The lowest BCUT2D eigenvalue weighted by Gasteiger charge is -2.08. The first kappa shape index (κ1) is 15.5. The SMILES string of the molecule is C[C@H](N)C(=O)Nc1cccc(-c2n[nH]c(C3CC3)n2)c1.Cl. The Kier molecular flexibility index (Phi) is 4.59. The number of carbonyl (C=O) groups is 1. The predicted octanol–water partition coefficient (Wildman–Crippen LogP) is 2.06. The Hall–Kier alpha value is -1.92. The average Bonchev–Trinajstić information content (AvgIpc) is 3.16. The standard InChI is InChI=1S/C14H17N5O.ClH/c1-8(15)14(20)16-11-4-2-3-10(7-11)13-17-12(18-19-13)9-5-6-9;/h2-4,7-9H,5-6,15H2,1H3,(H,16,20)(H,17,18,19);1H/t8-;/m0./s1. The van der Waals surface area contributed by atoms with E-state index in [1.807, 2.05) is 24.3 Å². The first-order valence-corrected chi connectivity index (χ1v) is 6.72. The van der Waals surface area contributed by atoms with Gasteiger partial charge in [0.2, 0.25) is 5.91 Å². The summed E-state index contributed by atoms with van der Waals surface area (Å²) in [7, 11) is 0. The van der Waals surface area contributed by atoms with E-state index >= 15 is 0 Å². The fourth-order valence-corrected chi connectivity index (χ4v) is 1.93. The van der Waals surface area contributed by atoms with Crippen molar-refractivity contribution in [1.29, 1.82) is 0 Å². The van der Waals surface area contributed by atoms with Crippen molar-refractivity contribution in [2.24, 2.45) is 5.73 Å². The van der Waals surface area contributed by atoms with Gasteiger partial charge in [0.25, 0.3) is 0 Å². The minimum atomic E-state index is -0.538. The topological polar surface area (TPSA) is 96.7 Å². The molecule has 21 heavy (non-hydrogen) atoms. The Morgan fingerprint density at radius 1 is 1.48 bits per heavy atom. The van der Waals surface area contributed by atoms with Gasteiger partial charge in [-0.05, 0) is 31.9 Å². The number of carbonyl (C=O) groups excluding carboxylic acids is 1. The number of amides is 1. The van der Waals surface area contributed by atoms with E-state index in [4.69, 9.17) is 5.73 Å². The highest BCUT2D eigenvalue weighted by Gasteiger charge is 2.27. The van der Waals surface area contributed by atoms with Gasteiger partial charge in [0.1, 0.15) is 5.82 Å². The van der Waals surface area contributed by atoms with Crippen LogP contribution in [-0.2, 0) is 4.79 Å². The molecule has 1 fully saturated rings. The second kappa shape index (κ2) is 6.24. The number of rotatable bonds is 4. The number of anilines is 1. The molecule has 2 aromatic rings. The van der Waals surface area contributed by atoms with Gasteiger partial charge in [0.05, 0.1) is 6.04 Å². The Labute approximate surface area is 128 Å². The molecule has 0 unspecified atom stereocenters. The van der Waals surface area contributed by atoms with Crippen LogP contribution in [0.1, 0.15) is 31.5 Å². The quantitative estimate of drug-likeness (QED) is 0.805. The van der Waals surface area contributed by atoms with Gasteiger partial charge in [-0.15, -0.1) is 12.4 Å². The zero-order valence-electron chi connectivity index (χ0n) is 11.7. The van der Waals surface area contributed by atoms with Crippen molar-refractivity contribution in [1.82, 2.24) is 15.2 Å². The van der Waals surface area contributed by atoms with Gasteiger partial charge in [-0.25, -0.2) is 4.98 Å². The number of nitrogens with zero attached hydrogens (tertiary/aromatic N) is 2. The van der Waals surface area contributed by atoms with Crippen molar-refractivity contribution in [2.45, 2.75) is 31.7 Å². The lowest BCUT2D eigenvalue weighted by Crippen LogP contribution is -2.32. The molecule has 1 aliphatic rings. The van der Waals surface area contributed by atoms with E-state index in [1.165, 1.54) is 12.8 Å². The third kappa shape index (κ3) is 3.59. The Balaban J connectivity index is 0.00000161. The van der Waals surface area contributed by atoms with E-state index in [9.17, 15) is 4.79 Å². The molecule has 0 spiro atoms. The summed E-state index contributed by atoms with van der Waals surface area (Å²) < 4.78 is 0. The molecule has 3 rings (SSSR count). The van der Waals surface area contributed by atoms with Crippen LogP contribution in [0.4, 0.5) is 5.69 Å². The molecule has 1 saturated carbocycles. The molecule has 6 nitrogen and oxygen atoms in total. The lowest BCUT2D eigenvalue weighted by molar-refractivity contribution is -0.117. The Bertz CT molecular complexity index is 636. The van der Waals surface area contributed by atoms with Gasteiger partial charge in [-0.2, -0.15) is 5.10 Å². The molecule has 0 bridgehead atoms. The third-order valence-corrected chi connectivity index (χ3v) is 3.27. The minimum absolute atomic E-state index is 0. The monoisotopic (exact) mass is 307 g/mol. The molecule has 0 aliphatic heterocycles. The average molecular weight is 308 g/mol. The van der Waals surface area contributed by atoms with Crippen molar-refractivity contribution in [3.05, 3.63) is 30.1 Å². The number of nitrogens with one attached hydrogen (secondary N) is 2. The molecule has 1 aromatic heterocycles. The van der Waals surface area contributed by atoms with Crippen molar-refractivity contribution in [3.8, 4) is 11.4 Å². The van der Waals surface area contributed by atoms with Crippen LogP contribution in [0.3, 0.4) is 0 Å². The molecule has 0 saturated heterocycles. The molecule has 1 amide bonds. The molecule has 4 N–H and O–H groups in total. The van der Waals surface area contributed by atoms with Crippen LogP contribution in [0.2, 0.25) is 0 Å². The third-order valence-electron chi connectivity index (χ3n) is 3.27. The number of halogens is 1. The summed E-state index contributed by atoms with van der Waals surface area (Å²) in [4.78, 5) is 16.1. The summed E-state index contributed by atoms with van der Waals surface area (Å²) in [5, 5.41) is 9.97. The molecule has 0 radical (unpaired) electrons. The maximum Gasteiger partial charge on any atom is 0.240 e. The first-order valence-electron chi connectivity index (χ1n) is 6.72. The summed E-state index contributed by atoms with van der Waals surface area (Å²) in [6.07, 6.45) is 2.36. The molecule has 1 aromatic carbocycles. The van der Waals surface area contributed by atoms with E-state index in [0.717, 1.165) is 11.4 Å². The summed E-state index contributed by atoms with van der Waals surface area (Å²) in [6.45, 7) is 1.65. The minimum Gasteiger partial charge on any atom is -0.325 e. The van der Waals surface area contributed by atoms with Gasteiger partial charge >= 0.3 is 0 Å². The number of benzene rings is 1. The number of aromatic amines is 1. The molecule has 1 atom stereocenters. The first-order chi connectivity index (χ1) is 9.63. The van der Waals surface area contributed by atoms with Crippen molar-refractivity contribution in [2.75, 3.05) is 5.32 Å². The fraction of sp³-hybridized carbons (Fsp3) is 0.357. The van der Waals surface area contributed by atoms with Crippen LogP contribution in [0, 0.1) is 0 Å². The summed E-state index contributed by atoms with van der Waals surface area (Å²) in [5.41, 5.74) is 7.10. The Morgan fingerprint density at radius 3 is 2.90 bits per heavy atom. The fourth-order valence-electron chi connectivity index (χ4n) is 1.93. The number of hydrogen-bond acceptors (Lipinski definition) is 4. The van der Waals surface area contributed by atoms with Crippen LogP contribution in [-0.4, -0.2) is 27.1 Å². The molecule has 112 valence electrons. The Morgan fingerprint density at radius 2 is 2.24 bits per heavy atom. The highest BCUT2D eigenvalue weighted by molar-refractivity contribution is 5.94. The van der Waals surface area contributed by atoms with E-state index < -0.39 is 6.04 Å². The number of aromatic nitrogens is 3. The van der Waals surface area contributed by atoms with Crippen molar-refractivity contribution >= 4 is 24.0 Å². The van der Waals surface area contributed by atoms with Crippen LogP contribution in [0.15, 0.2) is 24.3 Å². The zero-order chi connectivity index (χ0) is 14.1. The van der Waals surface area contributed by atoms with E-state index in [-0.39, 0.29) is 18.3 Å². The van der Waals surface area contributed by atoms with Gasteiger partial charge in [-0.1, -0.05) is 12.1 Å². The summed E-state index contributed by atoms with van der Waals surface area (Å²) in [5.74, 6) is 1.93. The van der Waals surface area contributed by atoms with E-state index in [2.05, 4.69) is 20.5 Å². The highest BCUT2D eigenvalue weighted by Crippen LogP contribution is 2.38. The van der Waals surface area contributed by atoms with Gasteiger partial charge in [0, 0.05) is 17.2 Å². The van der Waals surface area contributed by atoms with Crippen LogP contribution < -0.4 is 11.1 Å². The summed E-state index contributed by atoms with van der Waals surface area (Å²) >= 11 is 0. The number of H-pyrrole nitrogens is 1. The van der Waals surface area contributed by atoms with Crippen LogP contribution >= 0.6 is 12.4 Å². The maximum atomic E-state index is 11.6. The molecule has 7 heteroatoms. The maximum absolute atomic E-state index is 11.6. The highest BCUT2D eigenvalue weighted by atomic mass is 35.5. The van der Waals surface area contributed by atoms with Gasteiger partial charge in [-0.3, -0.25) is 9.89 Å². The van der Waals surface area contributed by atoms with Crippen LogP contribution in [0.5, 0.6) is 0 Å². The normalized spacial score (nSPS) is 15.1. The van der Waals surface area contributed by atoms with Gasteiger partial charge < -0.3 is 11.1 Å². The predicted molar refractivity (Wildman–Crippen MR) is 83.3 cm³/mol. The molecular weight excluding hydrogens is 290 g/mol. The van der Waals surface area contributed by atoms with Crippen LogP contribution in [0.25, 0.3) is 11.4 Å². The second-order valence-electron chi connectivity index (χ2n) is 5.18. The number of nitrogens with two attached hydrogens (primary N) is 1. The lowest BCUT2D eigenvalue weighted by atomic mass is 10.2. The number of hydrogen-bond donors (Lipinski definition) is 3. The van der Waals surface area contributed by atoms with Crippen molar-refractivity contribution in [3.63, 3.8) is 0 Å². The summed E-state index contributed by atoms with van der Waals surface area (Å²) in [6, 6.07) is 6.91. The van der Waals surface area contributed by atoms with E-state index in [0.29, 0.717) is 17.4 Å². The van der Waals surface area contributed by atoms with Crippen molar-refractivity contribution < 1.29 is 4.79 Å².